The van der Waals surface area contributed by atoms with Gasteiger partial charge in [0.25, 0.3) is 0 Å². The monoisotopic (exact) mass is 347 g/mol. The van der Waals surface area contributed by atoms with Crippen molar-refractivity contribution in [3.05, 3.63) is 65.7 Å². The van der Waals surface area contributed by atoms with Crippen LogP contribution in [0.2, 0.25) is 0 Å². The Hall–Kier alpha value is -2.18. The molecule has 0 aliphatic heterocycles. The Morgan fingerprint density at radius 2 is 1.67 bits per heavy atom. The normalized spacial score (nSPS) is 12.7. The van der Waals surface area contributed by atoms with Crippen molar-refractivity contribution in [3.8, 4) is 0 Å². The fraction of sp³-hybridized carbons (Fsp3) is 0.278. The van der Waals surface area contributed by atoms with E-state index in [1.807, 2.05) is 30.3 Å². The quantitative estimate of drug-likeness (QED) is 0.768. The minimum atomic E-state index is -3.47. The highest BCUT2D eigenvalue weighted by molar-refractivity contribution is 7.89. The van der Waals surface area contributed by atoms with Gasteiger partial charge in [0.05, 0.1) is 10.8 Å². The zero-order valence-electron chi connectivity index (χ0n) is 13.5. The SMILES string of the molecule is CNS(=O)(=O)c1ccc(CC(CCc2ccccc2)C(=O)O)cc1. The lowest BCUT2D eigenvalue weighted by molar-refractivity contribution is -0.141. The van der Waals surface area contributed by atoms with Crippen LogP contribution in [-0.2, 0) is 27.7 Å². The molecule has 24 heavy (non-hydrogen) atoms. The second kappa shape index (κ2) is 8.08. The third-order valence-corrected chi connectivity index (χ3v) is 5.39. The highest BCUT2D eigenvalue weighted by Crippen LogP contribution is 2.18. The highest BCUT2D eigenvalue weighted by Gasteiger charge is 2.18. The first-order valence-electron chi connectivity index (χ1n) is 7.71. The topological polar surface area (TPSA) is 83.5 Å². The Morgan fingerprint density at radius 1 is 1.04 bits per heavy atom. The summed E-state index contributed by atoms with van der Waals surface area (Å²) in [6, 6.07) is 16.1. The van der Waals surface area contributed by atoms with Crippen LogP contribution in [0.3, 0.4) is 0 Å². The third kappa shape index (κ3) is 4.91. The number of nitrogens with one attached hydrogen (secondary N) is 1. The fourth-order valence-corrected chi connectivity index (χ4v) is 3.24. The summed E-state index contributed by atoms with van der Waals surface area (Å²) in [6.45, 7) is 0. The van der Waals surface area contributed by atoms with Crippen molar-refractivity contribution >= 4 is 16.0 Å². The minimum Gasteiger partial charge on any atom is -0.481 e. The van der Waals surface area contributed by atoms with Crippen LogP contribution >= 0.6 is 0 Å². The molecule has 1 atom stereocenters. The first-order chi connectivity index (χ1) is 11.4. The maximum absolute atomic E-state index is 11.7. The van der Waals surface area contributed by atoms with E-state index >= 15 is 0 Å². The van der Waals surface area contributed by atoms with Crippen LogP contribution in [0.5, 0.6) is 0 Å². The number of hydrogen-bond donors (Lipinski definition) is 2. The number of carbonyl (C=O) groups is 1. The highest BCUT2D eigenvalue weighted by atomic mass is 32.2. The molecule has 0 aliphatic carbocycles. The molecule has 0 saturated heterocycles. The van der Waals surface area contributed by atoms with E-state index in [0.29, 0.717) is 19.3 Å². The summed E-state index contributed by atoms with van der Waals surface area (Å²) >= 11 is 0. The van der Waals surface area contributed by atoms with Crippen LogP contribution in [0.25, 0.3) is 0 Å². The standard InChI is InChI=1S/C18H21NO4S/c1-19-24(22,23)17-11-8-15(9-12-17)13-16(18(20)21)10-7-14-5-3-2-4-6-14/h2-6,8-9,11-12,16,19H,7,10,13H2,1H3,(H,20,21). The summed E-state index contributed by atoms with van der Waals surface area (Å²) < 4.78 is 25.6. The number of hydrogen-bond acceptors (Lipinski definition) is 3. The molecule has 1 unspecified atom stereocenters. The van der Waals surface area contributed by atoms with Gasteiger partial charge in [-0.05, 0) is 49.6 Å². The van der Waals surface area contributed by atoms with Crippen LogP contribution in [0.4, 0.5) is 0 Å². The van der Waals surface area contributed by atoms with Crippen LogP contribution in [0.1, 0.15) is 17.5 Å². The molecule has 0 bridgehead atoms. The van der Waals surface area contributed by atoms with Gasteiger partial charge in [-0.3, -0.25) is 4.79 Å². The van der Waals surface area contributed by atoms with Crippen molar-refractivity contribution in [1.29, 1.82) is 0 Å². The smallest absolute Gasteiger partial charge is 0.306 e. The molecule has 0 saturated carbocycles. The molecule has 128 valence electrons. The largest absolute Gasteiger partial charge is 0.481 e. The average Bonchev–Trinajstić information content (AvgIpc) is 2.59. The Labute approximate surface area is 142 Å². The van der Waals surface area contributed by atoms with Gasteiger partial charge in [-0.2, -0.15) is 0 Å². The van der Waals surface area contributed by atoms with Crippen molar-refractivity contribution in [3.63, 3.8) is 0 Å². The van der Waals surface area contributed by atoms with Gasteiger partial charge in [0.15, 0.2) is 0 Å². The molecule has 6 heteroatoms. The lowest BCUT2D eigenvalue weighted by atomic mass is 9.93. The van der Waals surface area contributed by atoms with Gasteiger partial charge in [-0.25, -0.2) is 13.1 Å². The predicted octanol–water partition coefficient (Wildman–Crippen LogP) is 2.47. The molecule has 2 aromatic rings. The lowest BCUT2D eigenvalue weighted by Crippen LogP contribution is -2.19. The first kappa shape index (κ1) is 18.2. The molecule has 0 spiro atoms. The van der Waals surface area contributed by atoms with E-state index in [4.69, 9.17) is 0 Å². The number of aryl methyl sites for hydroxylation is 1. The molecule has 0 radical (unpaired) electrons. The van der Waals surface area contributed by atoms with E-state index in [2.05, 4.69) is 4.72 Å². The minimum absolute atomic E-state index is 0.171. The van der Waals surface area contributed by atoms with Crippen molar-refractivity contribution in [1.82, 2.24) is 4.72 Å². The number of carboxylic acid groups (broad SMARTS) is 1. The van der Waals surface area contributed by atoms with Crippen molar-refractivity contribution in [2.45, 2.75) is 24.2 Å². The Kier molecular flexibility index (Phi) is 6.11. The second-order valence-electron chi connectivity index (χ2n) is 5.62. The zero-order valence-corrected chi connectivity index (χ0v) is 14.3. The van der Waals surface area contributed by atoms with Gasteiger partial charge in [-0.1, -0.05) is 42.5 Å². The molecule has 2 aromatic carbocycles. The summed E-state index contributed by atoms with van der Waals surface area (Å²) in [5.74, 6) is -1.34. The van der Waals surface area contributed by atoms with Gasteiger partial charge in [0.1, 0.15) is 0 Å². The van der Waals surface area contributed by atoms with E-state index in [1.165, 1.54) is 19.2 Å². The first-order valence-corrected chi connectivity index (χ1v) is 9.20. The molecule has 0 fully saturated rings. The van der Waals surface area contributed by atoms with Crippen molar-refractivity contribution in [2.24, 2.45) is 5.92 Å². The number of benzene rings is 2. The van der Waals surface area contributed by atoms with Crippen LogP contribution in [0, 0.1) is 5.92 Å². The summed E-state index contributed by atoms with van der Waals surface area (Å²) in [5, 5.41) is 9.43. The van der Waals surface area contributed by atoms with Gasteiger partial charge in [0.2, 0.25) is 10.0 Å². The molecule has 2 rings (SSSR count). The van der Waals surface area contributed by atoms with Crippen LogP contribution in [-0.4, -0.2) is 26.5 Å². The zero-order chi connectivity index (χ0) is 17.6. The van der Waals surface area contributed by atoms with Crippen LogP contribution < -0.4 is 4.72 Å². The summed E-state index contributed by atoms with van der Waals surface area (Å²) in [7, 11) is -2.12. The fourth-order valence-electron chi connectivity index (χ4n) is 2.51. The van der Waals surface area contributed by atoms with E-state index in [9.17, 15) is 18.3 Å². The van der Waals surface area contributed by atoms with E-state index in [0.717, 1.165) is 11.1 Å². The van der Waals surface area contributed by atoms with Crippen molar-refractivity contribution in [2.75, 3.05) is 7.05 Å². The average molecular weight is 347 g/mol. The molecule has 0 heterocycles. The number of aliphatic carboxylic acids is 1. The summed E-state index contributed by atoms with van der Waals surface area (Å²) in [4.78, 5) is 11.7. The van der Waals surface area contributed by atoms with Gasteiger partial charge in [0, 0.05) is 0 Å². The molecular formula is C18H21NO4S. The molecule has 0 aromatic heterocycles. The van der Waals surface area contributed by atoms with Gasteiger partial charge in [-0.15, -0.1) is 0 Å². The summed E-state index contributed by atoms with van der Waals surface area (Å²) in [5.41, 5.74) is 1.92. The molecule has 5 nitrogen and oxygen atoms in total. The number of rotatable bonds is 8. The van der Waals surface area contributed by atoms with Gasteiger partial charge < -0.3 is 5.11 Å². The Bertz CT molecular complexity index is 770. The van der Waals surface area contributed by atoms with Crippen LogP contribution in [0.15, 0.2) is 59.5 Å². The predicted molar refractivity (Wildman–Crippen MR) is 92.3 cm³/mol. The summed E-state index contributed by atoms with van der Waals surface area (Å²) in [6.07, 6.45) is 1.61. The maximum Gasteiger partial charge on any atom is 0.306 e. The molecule has 2 N–H and O–H groups in total. The lowest BCUT2D eigenvalue weighted by Gasteiger charge is -2.13. The molecular weight excluding hydrogens is 326 g/mol. The van der Waals surface area contributed by atoms with E-state index in [1.54, 1.807) is 12.1 Å². The van der Waals surface area contributed by atoms with E-state index < -0.39 is 21.9 Å². The van der Waals surface area contributed by atoms with Gasteiger partial charge >= 0.3 is 5.97 Å². The number of carboxylic acids is 1. The van der Waals surface area contributed by atoms with Crippen molar-refractivity contribution < 1.29 is 18.3 Å². The Morgan fingerprint density at radius 3 is 2.21 bits per heavy atom. The molecule has 0 aliphatic rings. The van der Waals surface area contributed by atoms with E-state index in [-0.39, 0.29) is 4.90 Å². The maximum atomic E-state index is 11.7. The molecule has 0 amide bonds. The Balaban J connectivity index is 2.04. The second-order valence-corrected chi connectivity index (χ2v) is 7.50. The number of sulfonamides is 1. The third-order valence-electron chi connectivity index (χ3n) is 3.96.